The number of hydrogen-bond donors (Lipinski definition) is 3. The average Bonchev–Trinajstić information content (AvgIpc) is 3.32. The molecule has 5 rings (SSSR count). The first-order valence-electron chi connectivity index (χ1n) is 9.81. The van der Waals surface area contributed by atoms with Crippen LogP contribution in [0.2, 0.25) is 0 Å². The molecule has 0 amide bonds. The topological polar surface area (TPSA) is 65.1 Å². The molecule has 4 nitrogen and oxygen atoms in total. The van der Waals surface area contributed by atoms with Gasteiger partial charge < -0.3 is 15.4 Å². The van der Waals surface area contributed by atoms with Crippen molar-refractivity contribution in [2.75, 3.05) is 6.61 Å². The number of aliphatic hydroxyl groups excluding tert-OH is 1. The zero-order chi connectivity index (χ0) is 18.4. The largest absolute Gasteiger partial charge is 0.394 e. The van der Waals surface area contributed by atoms with Gasteiger partial charge >= 0.3 is 0 Å². The van der Waals surface area contributed by atoms with Gasteiger partial charge in [-0.2, -0.15) is 0 Å². The SMILES string of the molecule is O=c1[nH]c2c(c3ccccc13)Cc1cc(CNC3(CO)CCCC3)ccc1-2. The number of aliphatic hydroxyl groups is 1. The molecule has 0 saturated heterocycles. The quantitative estimate of drug-likeness (QED) is 0.522. The highest BCUT2D eigenvalue weighted by atomic mass is 16.3. The molecular weight excluding hydrogens is 336 g/mol. The molecule has 2 aliphatic rings. The summed E-state index contributed by atoms with van der Waals surface area (Å²) < 4.78 is 0. The minimum atomic E-state index is -0.108. The Hall–Kier alpha value is -2.43. The highest BCUT2D eigenvalue weighted by molar-refractivity contribution is 5.92. The van der Waals surface area contributed by atoms with Crippen LogP contribution in [-0.4, -0.2) is 22.2 Å². The van der Waals surface area contributed by atoms with Gasteiger partial charge in [-0.15, -0.1) is 0 Å². The van der Waals surface area contributed by atoms with Gasteiger partial charge in [-0.05, 0) is 41.0 Å². The van der Waals surface area contributed by atoms with Gasteiger partial charge in [0.15, 0.2) is 0 Å². The van der Waals surface area contributed by atoms with Gasteiger partial charge in [-0.3, -0.25) is 4.79 Å². The molecule has 0 unspecified atom stereocenters. The van der Waals surface area contributed by atoms with Crippen molar-refractivity contribution in [3.05, 3.63) is 69.5 Å². The number of benzene rings is 2. The van der Waals surface area contributed by atoms with Crippen LogP contribution in [0.1, 0.15) is 42.4 Å². The molecule has 1 aromatic heterocycles. The number of nitrogens with one attached hydrogen (secondary N) is 2. The van der Waals surface area contributed by atoms with Crippen molar-refractivity contribution in [3.8, 4) is 11.3 Å². The third-order valence-electron chi connectivity index (χ3n) is 6.37. The van der Waals surface area contributed by atoms with E-state index in [2.05, 4.69) is 28.5 Å². The Labute approximate surface area is 158 Å². The molecule has 4 heteroatoms. The van der Waals surface area contributed by atoms with Gasteiger partial charge in [-0.25, -0.2) is 0 Å². The van der Waals surface area contributed by atoms with Crippen molar-refractivity contribution in [2.24, 2.45) is 0 Å². The Morgan fingerprint density at radius 3 is 2.63 bits per heavy atom. The van der Waals surface area contributed by atoms with Gasteiger partial charge in [0, 0.05) is 29.5 Å². The third-order valence-corrected chi connectivity index (χ3v) is 6.37. The second-order valence-electron chi connectivity index (χ2n) is 8.02. The van der Waals surface area contributed by atoms with E-state index in [9.17, 15) is 9.90 Å². The molecule has 0 aliphatic heterocycles. The molecule has 0 bridgehead atoms. The van der Waals surface area contributed by atoms with E-state index in [0.717, 1.165) is 47.8 Å². The van der Waals surface area contributed by atoms with Gasteiger partial charge in [0.2, 0.25) is 0 Å². The minimum absolute atomic E-state index is 0.0194. The van der Waals surface area contributed by atoms with Crippen LogP contribution in [0, 0.1) is 0 Å². The molecule has 0 radical (unpaired) electrons. The molecular formula is C23H24N2O2. The van der Waals surface area contributed by atoms with Crippen LogP contribution >= 0.6 is 0 Å². The number of H-pyrrole nitrogens is 1. The van der Waals surface area contributed by atoms with Gasteiger partial charge in [0.1, 0.15) is 0 Å². The summed E-state index contributed by atoms with van der Waals surface area (Å²) in [6.45, 7) is 0.970. The van der Waals surface area contributed by atoms with Gasteiger partial charge in [0.05, 0.1) is 12.3 Å². The first-order valence-corrected chi connectivity index (χ1v) is 9.81. The van der Waals surface area contributed by atoms with Crippen molar-refractivity contribution in [3.63, 3.8) is 0 Å². The maximum Gasteiger partial charge on any atom is 0.256 e. The zero-order valence-corrected chi connectivity index (χ0v) is 15.3. The number of hydrogen-bond acceptors (Lipinski definition) is 3. The van der Waals surface area contributed by atoms with Crippen molar-refractivity contribution in [1.29, 1.82) is 0 Å². The second-order valence-corrected chi connectivity index (χ2v) is 8.02. The Morgan fingerprint density at radius 1 is 1.07 bits per heavy atom. The Kier molecular flexibility index (Phi) is 3.92. The smallest absolute Gasteiger partial charge is 0.256 e. The fourth-order valence-corrected chi connectivity index (χ4v) is 4.82. The molecule has 2 aliphatic carbocycles. The van der Waals surface area contributed by atoms with Crippen LogP contribution in [0.15, 0.2) is 47.3 Å². The summed E-state index contributed by atoms with van der Waals surface area (Å²) in [5.74, 6) is 0. The van der Waals surface area contributed by atoms with E-state index in [1.54, 1.807) is 0 Å². The summed E-state index contributed by atoms with van der Waals surface area (Å²) in [4.78, 5) is 15.5. The van der Waals surface area contributed by atoms with E-state index in [4.69, 9.17) is 0 Å². The maximum atomic E-state index is 12.4. The number of aromatic nitrogens is 1. The Balaban J connectivity index is 1.47. The van der Waals surface area contributed by atoms with Gasteiger partial charge in [-0.1, -0.05) is 49.2 Å². The van der Waals surface area contributed by atoms with E-state index in [-0.39, 0.29) is 17.7 Å². The van der Waals surface area contributed by atoms with Crippen LogP contribution in [0.3, 0.4) is 0 Å². The van der Waals surface area contributed by atoms with Crippen LogP contribution in [0.5, 0.6) is 0 Å². The first-order chi connectivity index (χ1) is 13.2. The fourth-order valence-electron chi connectivity index (χ4n) is 4.82. The lowest BCUT2D eigenvalue weighted by Gasteiger charge is -2.28. The summed E-state index contributed by atoms with van der Waals surface area (Å²) in [5, 5.41) is 15.2. The van der Waals surface area contributed by atoms with Crippen molar-refractivity contribution < 1.29 is 5.11 Å². The standard InChI is InChI=1S/C23H24N2O2/c26-14-23(9-3-4-10-23)24-13-15-7-8-17-16(11-15)12-20-18-5-1-2-6-19(18)22(27)25-21(17)20/h1-2,5-8,11,24,26H,3-4,9-10,12-14H2,(H,25,27). The molecule has 138 valence electrons. The van der Waals surface area contributed by atoms with E-state index >= 15 is 0 Å². The molecule has 3 aromatic rings. The Morgan fingerprint density at radius 2 is 1.85 bits per heavy atom. The summed E-state index contributed by atoms with van der Waals surface area (Å²) in [7, 11) is 0. The molecule has 2 aromatic carbocycles. The predicted octanol–water partition coefficient (Wildman–Crippen LogP) is 3.49. The summed E-state index contributed by atoms with van der Waals surface area (Å²) in [6.07, 6.45) is 5.32. The third kappa shape index (κ3) is 2.71. The normalized spacial score (nSPS) is 17.2. The number of pyridine rings is 1. The summed E-state index contributed by atoms with van der Waals surface area (Å²) in [5.41, 5.74) is 5.68. The van der Waals surface area contributed by atoms with E-state index in [1.165, 1.54) is 29.5 Å². The maximum absolute atomic E-state index is 12.4. The first kappa shape index (κ1) is 16.7. The van der Waals surface area contributed by atoms with Crippen molar-refractivity contribution >= 4 is 10.8 Å². The van der Waals surface area contributed by atoms with Crippen molar-refractivity contribution in [2.45, 2.75) is 44.2 Å². The molecule has 0 atom stereocenters. The summed E-state index contributed by atoms with van der Waals surface area (Å²) >= 11 is 0. The van der Waals surface area contributed by atoms with E-state index in [1.807, 2.05) is 24.3 Å². The molecule has 27 heavy (non-hydrogen) atoms. The lowest BCUT2D eigenvalue weighted by atomic mass is 9.98. The average molecular weight is 360 g/mol. The van der Waals surface area contributed by atoms with Gasteiger partial charge in [0.25, 0.3) is 5.56 Å². The molecule has 1 heterocycles. The molecule has 1 saturated carbocycles. The molecule has 0 spiro atoms. The zero-order valence-electron chi connectivity index (χ0n) is 15.3. The van der Waals surface area contributed by atoms with E-state index < -0.39 is 0 Å². The number of aromatic amines is 1. The monoisotopic (exact) mass is 360 g/mol. The van der Waals surface area contributed by atoms with Crippen LogP contribution < -0.4 is 10.9 Å². The predicted molar refractivity (Wildman–Crippen MR) is 108 cm³/mol. The molecule has 3 N–H and O–H groups in total. The lowest BCUT2D eigenvalue weighted by molar-refractivity contribution is 0.163. The van der Waals surface area contributed by atoms with Crippen LogP contribution in [0.25, 0.3) is 22.0 Å². The highest BCUT2D eigenvalue weighted by Gasteiger charge is 2.32. The van der Waals surface area contributed by atoms with Crippen molar-refractivity contribution in [1.82, 2.24) is 10.3 Å². The minimum Gasteiger partial charge on any atom is -0.394 e. The number of fused-ring (bicyclic) bond motifs is 5. The lowest BCUT2D eigenvalue weighted by Crippen LogP contribution is -2.45. The molecule has 1 fully saturated rings. The van der Waals surface area contributed by atoms with Crippen LogP contribution in [-0.2, 0) is 13.0 Å². The fraction of sp³-hybridized carbons (Fsp3) is 0.348. The summed E-state index contributed by atoms with van der Waals surface area (Å²) in [6, 6.07) is 14.4. The highest BCUT2D eigenvalue weighted by Crippen LogP contribution is 2.38. The van der Waals surface area contributed by atoms with E-state index in [0.29, 0.717) is 0 Å². The Bertz CT molecular complexity index is 1080. The number of rotatable bonds is 4. The van der Waals surface area contributed by atoms with Crippen LogP contribution in [0.4, 0.5) is 0 Å². The second kappa shape index (κ2) is 6.32.